The van der Waals surface area contributed by atoms with E-state index in [0.29, 0.717) is 35.7 Å². The van der Waals surface area contributed by atoms with Gasteiger partial charge in [0.25, 0.3) is 5.56 Å². The normalized spacial score (nSPS) is 13.6. The topological polar surface area (TPSA) is 107 Å². The van der Waals surface area contributed by atoms with Gasteiger partial charge in [0.05, 0.1) is 18.2 Å². The van der Waals surface area contributed by atoms with Gasteiger partial charge in [-0.3, -0.25) is 13.9 Å². The molecule has 0 fully saturated rings. The molecule has 8 heteroatoms. The summed E-state index contributed by atoms with van der Waals surface area (Å²) in [6, 6.07) is 8.90. The Labute approximate surface area is 160 Å². The Balaban J connectivity index is 1.91. The number of aryl methyl sites for hydroxylation is 1. The van der Waals surface area contributed by atoms with E-state index in [4.69, 9.17) is 9.78 Å². The smallest absolute Gasteiger partial charge is 0.331 e. The molecule has 8 nitrogen and oxygen atoms in total. The maximum absolute atomic E-state index is 13.3. The van der Waals surface area contributed by atoms with Gasteiger partial charge in [-0.25, -0.2) is 4.79 Å². The number of hydrogen-bond acceptors (Lipinski definition) is 6. The van der Waals surface area contributed by atoms with E-state index in [0.717, 1.165) is 24.8 Å². The number of aromatic nitrogens is 4. The van der Waals surface area contributed by atoms with Crippen LogP contribution >= 0.6 is 0 Å². The second-order valence-corrected chi connectivity index (χ2v) is 6.90. The van der Waals surface area contributed by atoms with Gasteiger partial charge in [0, 0.05) is 19.2 Å². The van der Waals surface area contributed by atoms with E-state index in [1.54, 1.807) is 35.8 Å². The molecule has 0 aliphatic carbocycles. The second kappa shape index (κ2) is 7.27. The lowest BCUT2D eigenvalue weighted by atomic mass is 10.1. The summed E-state index contributed by atoms with van der Waals surface area (Å²) in [6.45, 7) is 2.35. The van der Waals surface area contributed by atoms with Gasteiger partial charge in [0.2, 0.25) is 11.7 Å². The second-order valence-electron chi connectivity index (χ2n) is 6.90. The highest BCUT2D eigenvalue weighted by Gasteiger charge is 2.24. The van der Waals surface area contributed by atoms with Gasteiger partial charge in [-0.2, -0.15) is 10.2 Å². The van der Waals surface area contributed by atoms with E-state index < -0.39 is 5.56 Å². The van der Waals surface area contributed by atoms with Crippen LogP contribution in [0.5, 0.6) is 0 Å². The minimum atomic E-state index is -0.414. The molecule has 3 heterocycles. The standard InChI is InChI=1S/C20H19N5O3/c1-13-22-18(23-28-13)17-16-5-3-2-4-10-24(16)20(27)25(19(17)26)12-15-8-6-14(11-21)7-9-15/h6-9H,2-5,10,12H2,1H3. The summed E-state index contributed by atoms with van der Waals surface area (Å²) in [4.78, 5) is 30.6. The van der Waals surface area contributed by atoms with Crippen LogP contribution in [0.1, 0.15) is 42.0 Å². The molecule has 0 radical (unpaired) electrons. The first-order valence-electron chi connectivity index (χ1n) is 9.24. The first kappa shape index (κ1) is 17.9. The maximum Gasteiger partial charge on any atom is 0.331 e. The molecule has 1 aliphatic heterocycles. The van der Waals surface area contributed by atoms with E-state index >= 15 is 0 Å². The molecule has 3 aromatic rings. The molecule has 0 unspecified atom stereocenters. The van der Waals surface area contributed by atoms with Crippen molar-refractivity contribution >= 4 is 0 Å². The minimum Gasteiger partial charge on any atom is -0.339 e. The average molecular weight is 377 g/mol. The number of rotatable bonds is 3. The summed E-state index contributed by atoms with van der Waals surface area (Å²) in [5.41, 5.74) is 1.58. The molecule has 0 spiro atoms. The fraction of sp³-hybridized carbons (Fsp3) is 0.350. The molecule has 0 atom stereocenters. The van der Waals surface area contributed by atoms with Crippen molar-refractivity contribution in [1.29, 1.82) is 5.26 Å². The van der Waals surface area contributed by atoms with Gasteiger partial charge >= 0.3 is 5.69 Å². The highest BCUT2D eigenvalue weighted by atomic mass is 16.5. The third-order valence-corrected chi connectivity index (χ3v) is 5.01. The average Bonchev–Trinajstić information content (AvgIpc) is 2.98. The van der Waals surface area contributed by atoms with Crippen LogP contribution in [0.3, 0.4) is 0 Å². The van der Waals surface area contributed by atoms with Crippen LogP contribution in [0.4, 0.5) is 0 Å². The molecule has 28 heavy (non-hydrogen) atoms. The first-order chi connectivity index (χ1) is 13.6. The van der Waals surface area contributed by atoms with Crippen molar-refractivity contribution in [2.75, 3.05) is 0 Å². The van der Waals surface area contributed by atoms with Gasteiger partial charge < -0.3 is 4.52 Å². The summed E-state index contributed by atoms with van der Waals surface area (Å²) >= 11 is 0. The largest absolute Gasteiger partial charge is 0.339 e. The van der Waals surface area contributed by atoms with Gasteiger partial charge in [-0.15, -0.1) is 0 Å². The van der Waals surface area contributed by atoms with Gasteiger partial charge in [-0.1, -0.05) is 23.7 Å². The summed E-state index contributed by atoms with van der Waals surface area (Å²) in [5, 5.41) is 12.9. The molecule has 0 N–H and O–H groups in total. The predicted molar refractivity (Wildman–Crippen MR) is 101 cm³/mol. The molecule has 1 aromatic carbocycles. The summed E-state index contributed by atoms with van der Waals surface area (Å²) in [5.74, 6) is 0.591. The van der Waals surface area contributed by atoms with Crippen molar-refractivity contribution in [2.24, 2.45) is 0 Å². The molecule has 0 saturated heterocycles. The monoisotopic (exact) mass is 377 g/mol. The molecule has 0 bridgehead atoms. The SMILES string of the molecule is Cc1nc(-c2c3n(c(=O)n(Cc4ccc(C#N)cc4)c2=O)CCCCC3)no1. The summed E-state index contributed by atoms with van der Waals surface area (Å²) < 4.78 is 7.98. The van der Waals surface area contributed by atoms with Crippen molar-refractivity contribution in [2.45, 2.75) is 45.7 Å². The molecule has 0 amide bonds. The first-order valence-corrected chi connectivity index (χ1v) is 9.24. The Morgan fingerprint density at radius 2 is 1.96 bits per heavy atom. The third kappa shape index (κ3) is 3.16. The third-order valence-electron chi connectivity index (χ3n) is 5.01. The van der Waals surface area contributed by atoms with E-state index in [1.807, 2.05) is 0 Å². The fourth-order valence-corrected chi connectivity index (χ4v) is 3.60. The van der Waals surface area contributed by atoms with E-state index in [9.17, 15) is 9.59 Å². The zero-order chi connectivity index (χ0) is 19.7. The zero-order valence-electron chi connectivity index (χ0n) is 15.5. The van der Waals surface area contributed by atoms with Crippen LogP contribution in [-0.2, 0) is 19.5 Å². The molecular weight excluding hydrogens is 358 g/mol. The summed E-state index contributed by atoms with van der Waals surface area (Å²) in [7, 11) is 0. The number of fused-ring (bicyclic) bond motifs is 1. The molecular formula is C20H19N5O3. The number of benzene rings is 1. The molecule has 142 valence electrons. The number of hydrogen-bond donors (Lipinski definition) is 0. The lowest BCUT2D eigenvalue weighted by Crippen LogP contribution is -2.42. The van der Waals surface area contributed by atoms with Crippen molar-refractivity contribution in [3.63, 3.8) is 0 Å². The van der Waals surface area contributed by atoms with Crippen LogP contribution < -0.4 is 11.2 Å². The lowest BCUT2D eigenvalue weighted by Gasteiger charge is -2.16. The van der Waals surface area contributed by atoms with Crippen LogP contribution in [0, 0.1) is 18.3 Å². The van der Waals surface area contributed by atoms with Crippen molar-refractivity contribution in [3.8, 4) is 17.5 Å². The van der Waals surface area contributed by atoms with Crippen LogP contribution in [0.25, 0.3) is 11.4 Å². The molecule has 1 aliphatic rings. The van der Waals surface area contributed by atoms with E-state index in [1.165, 1.54) is 4.57 Å². The quantitative estimate of drug-likeness (QED) is 0.691. The van der Waals surface area contributed by atoms with Crippen LogP contribution in [0.15, 0.2) is 38.4 Å². The van der Waals surface area contributed by atoms with E-state index in [-0.39, 0.29) is 18.1 Å². The van der Waals surface area contributed by atoms with Crippen molar-refractivity contribution in [1.82, 2.24) is 19.3 Å². The zero-order valence-corrected chi connectivity index (χ0v) is 15.5. The predicted octanol–water partition coefficient (Wildman–Crippen LogP) is 2.01. The Morgan fingerprint density at radius 1 is 1.18 bits per heavy atom. The fourth-order valence-electron chi connectivity index (χ4n) is 3.60. The Bertz CT molecular complexity index is 1180. The molecule has 2 aromatic heterocycles. The number of nitriles is 1. The number of nitrogens with zero attached hydrogens (tertiary/aromatic N) is 5. The Kier molecular flexibility index (Phi) is 4.65. The van der Waals surface area contributed by atoms with Crippen molar-refractivity contribution in [3.05, 3.63) is 67.8 Å². The van der Waals surface area contributed by atoms with Crippen LogP contribution in [-0.4, -0.2) is 19.3 Å². The highest BCUT2D eigenvalue weighted by Crippen LogP contribution is 2.21. The highest BCUT2D eigenvalue weighted by molar-refractivity contribution is 5.56. The van der Waals surface area contributed by atoms with Crippen LogP contribution in [0.2, 0.25) is 0 Å². The molecule has 0 saturated carbocycles. The minimum absolute atomic E-state index is 0.119. The van der Waals surface area contributed by atoms with Gasteiger partial charge in [-0.05, 0) is 37.0 Å². The Hall–Kier alpha value is -3.47. The Morgan fingerprint density at radius 3 is 2.64 bits per heavy atom. The lowest BCUT2D eigenvalue weighted by molar-refractivity contribution is 0.394. The maximum atomic E-state index is 13.3. The summed E-state index contributed by atoms with van der Waals surface area (Å²) in [6.07, 6.45) is 3.41. The van der Waals surface area contributed by atoms with E-state index in [2.05, 4.69) is 16.2 Å². The van der Waals surface area contributed by atoms with Gasteiger partial charge in [0.1, 0.15) is 5.56 Å². The van der Waals surface area contributed by atoms with Crippen molar-refractivity contribution < 1.29 is 4.52 Å². The van der Waals surface area contributed by atoms with Gasteiger partial charge in [0.15, 0.2) is 0 Å². The molecule has 4 rings (SSSR count).